The second-order valence-corrected chi connectivity index (χ2v) is 5.16. The Balaban J connectivity index is 2.79. The van der Waals surface area contributed by atoms with Gasteiger partial charge >= 0.3 is 0 Å². The zero-order valence-corrected chi connectivity index (χ0v) is 13.2. The Morgan fingerprint density at radius 1 is 1.35 bits per heavy atom. The average Bonchev–Trinajstić information content (AvgIpc) is 2.39. The van der Waals surface area contributed by atoms with Gasteiger partial charge in [-0.3, -0.25) is 4.79 Å². The molecule has 1 aromatic heterocycles. The molecule has 20 heavy (non-hydrogen) atoms. The summed E-state index contributed by atoms with van der Waals surface area (Å²) in [5.41, 5.74) is 0.638. The number of nitrogens with zero attached hydrogens (tertiary/aromatic N) is 3. The van der Waals surface area contributed by atoms with Crippen molar-refractivity contribution in [3.63, 3.8) is 0 Å². The molecule has 0 spiro atoms. The maximum atomic E-state index is 12.5. The third-order valence-electron chi connectivity index (χ3n) is 3.13. The Bertz CT molecular complexity index is 416. The van der Waals surface area contributed by atoms with E-state index in [9.17, 15) is 4.79 Å². The molecule has 0 fully saturated rings. The van der Waals surface area contributed by atoms with Crippen molar-refractivity contribution in [1.29, 1.82) is 0 Å². The van der Waals surface area contributed by atoms with E-state index >= 15 is 0 Å². The first kappa shape index (κ1) is 16.4. The van der Waals surface area contributed by atoms with Gasteiger partial charge in [-0.25, -0.2) is 4.98 Å². The van der Waals surface area contributed by atoms with Crippen molar-refractivity contribution >= 4 is 11.7 Å². The molecule has 1 atom stereocenters. The quantitative estimate of drug-likeness (QED) is 0.828. The van der Waals surface area contributed by atoms with Gasteiger partial charge in [0.05, 0.1) is 5.56 Å². The Kier molecular flexibility index (Phi) is 6.45. The molecule has 0 aliphatic rings. The van der Waals surface area contributed by atoms with Gasteiger partial charge in [0.2, 0.25) is 0 Å². The fraction of sp³-hybridized carbons (Fsp3) is 0.600. The van der Waals surface area contributed by atoms with Crippen LogP contribution in [0.3, 0.4) is 0 Å². The van der Waals surface area contributed by atoms with Gasteiger partial charge in [-0.2, -0.15) is 0 Å². The van der Waals surface area contributed by atoms with Gasteiger partial charge in [-0.05, 0) is 47.0 Å². The molecule has 1 unspecified atom stereocenters. The van der Waals surface area contributed by atoms with Crippen LogP contribution in [-0.2, 0) is 0 Å². The van der Waals surface area contributed by atoms with Gasteiger partial charge in [0.15, 0.2) is 0 Å². The molecule has 0 aromatic carbocycles. The predicted octanol–water partition coefficient (Wildman–Crippen LogP) is 1.93. The van der Waals surface area contributed by atoms with Crippen LogP contribution in [0.1, 0.15) is 31.1 Å². The number of aromatic nitrogens is 1. The Labute approximate surface area is 122 Å². The summed E-state index contributed by atoms with van der Waals surface area (Å²) >= 11 is 0. The van der Waals surface area contributed by atoms with Crippen LogP contribution in [0.5, 0.6) is 0 Å². The van der Waals surface area contributed by atoms with Crippen molar-refractivity contribution in [2.45, 2.75) is 26.8 Å². The maximum Gasteiger partial charge on any atom is 0.255 e. The van der Waals surface area contributed by atoms with Gasteiger partial charge in [-0.1, -0.05) is 0 Å². The molecule has 0 bridgehead atoms. The predicted molar refractivity (Wildman–Crippen MR) is 83.1 cm³/mol. The summed E-state index contributed by atoms with van der Waals surface area (Å²) in [6.45, 7) is 8.46. The highest BCUT2D eigenvalue weighted by atomic mass is 16.2. The van der Waals surface area contributed by atoms with Crippen LogP contribution >= 0.6 is 0 Å². The molecule has 0 saturated carbocycles. The van der Waals surface area contributed by atoms with E-state index in [1.807, 2.05) is 45.0 Å². The summed E-state index contributed by atoms with van der Waals surface area (Å²) in [6, 6.07) is 3.86. The van der Waals surface area contributed by atoms with Crippen LogP contribution in [0.25, 0.3) is 0 Å². The van der Waals surface area contributed by atoms with E-state index < -0.39 is 0 Å². The first-order valence-electron chi connectivity index (χ1n) is 7.15. The highest BCUT2D eigenvalue weighted by molar-refractivity contribution is 5.94. The van der Waals surface area contributed by atoms with E-state index in [1.54, 1.807) is 6.20 Å². The van der Waals surface area contributed by atoms with E-state index in [-0.39, 0.29) is 11.9 Å². The molecular weight excluding hydrogens is 252 g/mol. The molecule has 1 aromatic rings. The normalized spacial score (nSPS) is 12.3. The number of amides is 1. The summed E-state index contributed by atoms with van der Waals surface area (Å²) in [6.07, 6.45) is 1.64. The number of nitrogens with one attached hydrogen (secondary N) is 1. The third-order valence-corrected chi connectivity index (χ3v) is 3.13. The van der Waals surface area contributed by atoms with Crippen LogP contribution in [-0.4, -0.2) is 60.5 Å². The molecule has 1 heterocycles. The smallest absolute Gasteiger partial charge is 0.255 e. The first-order valence-corrected chi connectivity index (χ1v) is 7.15. The van der Waals surface area contributed by atoms with E-state index in [0.29, 0.717) is 12.1 Å². The summed E-state index contributed by atoms with van der Waals surface area (Å²) < 4.78 is 0. The molecule has 0 saturated heterocycles. The lowest BCUT2D eigenvalue weighted by atomic mass is 10.2. The fourth-order valence-electron chi connectivity index (χ4n) is 2.25. The summed E-state index contributed by atoms with van der Waals surface area (Å²) in [4.78, 5) is 20.7. The zero-order valence-electron chi connectivity index (χ0n) is 13.2. The maximum absolute atomic E-state index is 12.5. The Morgan fingerprint density at radius 2 is 2.05 bits per heavy atom. The lowest BCUT2D eigenvalue weighted by molar-refractivity contribution is 0.0678. The lowest BCUT2D eigenvalue weighted by Crippen LogP contribution is -2.43. The number of carbonyl (C=O) groups excluding carboxylic acids is 1. The summed E-state index contributed by atoms with van der Waals surface area (Å²) in [5, 5.41) is 3.12. The van der Waals surface area contributed by atoms with Crippen LogP contribution in [0.15, 0.2) is 18.3 Å². The van der Waals surface area contributed by atoms with Crippen LogP contribution in [0.2, 0.25) is 0 Å². The number of likely N-dealkylation sites (N-methyl/N-ethyl adjacent to an activating group) is 2. The second kappa shape index (κ2) is 7.85. The number of hydrogen-bond acceptors (Lipinski definition) is 4. The van der Waals surface area contributed by atoms with Gasteiger partial charge in [-0.15, -0.1) is 0 Å². The fourth-order valence-corrected chi connectivity index (χ4v) is 2.25. The average molecular weight is 278 g/mol. The van der Waals surface area contributed by atoms with E-state index in [4.69, 9.17) is 0 Å². The van der Waals surface area contributed by atoms with Gasteiger partial charge < -0.3 is 15.1 Å². The minimum atomic E-state index is 0.0393. The van der Waals surface area contributed by atoms with E-state index in [2.05, 4.69) is 22.1 Å². The molecule has 1 rings (SSSR count). The largest absolute Gasteiger partial charge is 0.370 e. The second-order valence-electron chi connectivity index (χ2n) is 5.16. The highest BCUT2D eigenvalue weighted by Crippen LogP contribution is 2.11. The van der Waals surface area contributed by atoms with Crippen LogP contribution in [0.4, 0.5) is 5.82 Å². The van der Waals surface area contributed by atoms with E-state index in [1.165, 1.54) is 0 Å². The molecule has 1 N–H and O–H groups in total. The minimum absolute atomic E-state index is 0.0393. The van der Waals surface area contributed by atoms with Crippen LogP contribution < -0.4 is 5.32 Å². The number of rotatable bonds is 7. The number of pyridine rings is 1. The van der Waals surface area contributed by atoms with Crippen molar-refractivity contribution in [1.82, 2.24) is 14.8 Å². The van der Waals surface area contributed by atoms with Crippen molar-refractivity contribution < 1.29 is 4.79 Å². The van der Waals surface area contributed by atoms with Crippen molar-refractivity contribution in [2.75, 3.05) is 39.0 Å². The third kappa shape index (κ3) is 4.49. The van der Waals surface area contributed by atoms with Gasteiger partial charge in [0.25, 0.3) is 5.91 Å². The molecule has 0 aliphatic carbocycles. The first-order chi connectivity index (χ1) is 9.49. The van der Waals surface area contributed by atoms with Crippen molar-refractivity contribution in [2.24, 2.45) is 0 Å². The molecule has 5 heteroatoms. The molecule has 1 amide bonds. The number of hydrogen-bond donors (Lipinski definition) is 1. The van der Waals surface area contributed by atoms with Gasteiger partial charge in [0.1, 0.15) is 5.82 Å². The Hall–Kier alpha value is -1.62. The topological polar surface area (TPSA) is 48.5 Å². The Morgan fingerprint density at radius 3 is 2.50 bits per heavy atom. The van der Waals surface area contributed by atoms with Crippen molar-refractivity contribution in [3.8, 4) is 0 Å². The molecule has 5 nitrogen and oxygen atoms in total. The van der Waals surface area contributed by atoms with Gasteiger partial charge in [0, 0.05) is 31.9 Å². The van der Waals surface area contributed by atoms with E-state index in [0.717, 1.165) is 18.9 Å². The highest BCUT2D eigenvalue weighted by Gasteiger charge is 2.20. The summed E-state index contributed by atoms with van der Waals surface area (Å²) in [5.74, 6) is 0.839. The molecule has 0 radical (unpaired) electrons. The number of anilines is 1. The molecular formula is C15H26N4O. The zero-order chi connectivity index (χ0) is 15.1. The standard InChI is InChI=1S/C15H26N4O/c1-6-16-14-9-8-13(10-17-14)15(20)19(7-2)12(3)11-18(4)5/h8-10,12H,6-7,11H2,1-5H3,(H,16,17). The SMILES string of the molecule is CCNc1ccc(C(=O)N(CC)C(C)CN(C)C)cn1. The van der Waals surface area contributed by atoms with Crippen molar-refractivity contribution in [3.05, 3.63) is 23.9 Å². The molecule has 112 valence electrons. The monoisotopic (exact) mass is 278 g/mol. The minimum Gasteiger partial charge on any atom is -0.370 e. The molecule has 0 aliphatic heterocycles. The number of carbonyl (C=O) groups is 1. The van der Waals surface area contributed by atoms with Crippen LogP contribution in [0, 0.1) is 0 Å². The summed E-state index contributed by atoms with van der Waals surface area (Å²) in [7, 11) is 4.03. The lowest BCUT2D eigenvalue weighted by Gasteiger charge is -2.30.